The first-order valence-electron chi connectivity index (χ1n) is 3.79. The van der Waals surface area contributed by atoms with E-state index in [-0.39, 0.29) is 0 Å². The minimum atomic E-state index is 1.07. The van der Waals surface area contributed by atoms with E-state index < -0.39 is 0 Å². The van der Waals surface area contributed by atoms with Gasteiger partial charge in [0.2, 0.25) is 0 Å². The van der Waals surface area contributed by atoms with E-state index >= 15 is 0 Å². The predicted molar refractivity (Wildman–Crippen MR) is 55.0 cm³/mol. The van der Waals surface area contributed by atoms with Gasteiger partial charge >= 0.3 is 0 Å². The van der Waals surface area contributed by atoms with Gasteiger partial charge < -0.3 is 0 Å². The lowest BCUT2D eigenvalue weighted by Crippen LogP contribution is -1.95. The summed E-state index contributed by atoms with van der Waals surface area (Å²) in [5.41, 5.74) is 2.86. The summed E-state index contributed by atoms with van der Waals surface area (Å²) in [7, 11) is 0. The Balaban J connectivity index is 2.45. The zero-order chi connectivity index (χ0) is 7.84. The summed E-state index contributed by atoms with van der Waals surface area (Å²) in [6.07, 6.45) is 7.73. The Hall–Kier alpha value is -0.0800. The summed E-state index contributed by atoms with van der Waals surface area (Å²) in [6.45, 7) is 0. The van der Waals surface area contributed by atoms with Gasteiger partial charge in [0, 0.05) is 4.91 Å². The van der Waals surface area contributed by atoms with Crippen molar-refractivity contribution in [3.8, 4) is 0 Å². The first kappa shape index (κ1) is 7.56. The van der Waals surface area contributed by atoms with E-state index in [1.165, 1.54) is 17.6 Å². The van der Waals surface area contributed by atoms with Gasteiger partial charge in [0.15, 0.2) is 0 Å². The van der Waals surface area contributed by atoms with Crippen LogP contribution in [0.2, 0.25) is 0 Å². The smallest absolute Gasteiger partial charge is 0.0205 e. The lowest BCUT2D eigenvalue weighted by molar-refractivity contribution is 0.915. The molecule has 0 spiro atoms. The molecule has 11 heavy (non-hydrogen) atoms. The molecule has 0 N–H and O–H groups in total. The van der Waals surface area contributed by atoms with Crippen molar-refractivity contribution in [2.45, 2.75) is 19.3 Å². The second-order valence-electron chi connectivity index (χ2n) is 2.92. The Morgan fingerprint density at radius 2 is 2.00 bits per heavy atom. The number of allylic oxidation sites excluding steroid dienone is 5. The molecule has 0 heterocycles. The molecule has 0 fully saturated rings. The lowest BCUT2D eigenvalue weighted by Gasteiger charge is -2.15. The van der Waals surface area contributed by atoms with Crippen LogP contribution in [0.5, 0.6) is 0 Å². The molecule has 0 saturated heterocycles. The standard InChI is InChI=1S/C9H10S2/c10-8-5-4-6-2-1-3-7(6)9(8)11/h1,3,10-11H,2,4-5H2. The third-order valence-corrected chi connectivity index (χ3v) is 3.36. The van der Waals surface area contributed by atoms with Crippen molar-refractivity contribution in [3.63, 3.8) is 0 Å². The first-order valence-corrected chi connectivity index (χ1v) is 4.68. The number of hydrogen-bond acceptors (Lipinski definition) is 2. The summed E-state index contributed by atoms with van der Waals surface area (Å²) >= 11 is 8.80. The van der Waals surface area contributed by atoms with Crippen molar-refractivity contribution in [3.05, 3.63) is 33.1 Å². The molecular formula is C9H10S2. The molecule has 2 aliphatic carbocycles. The fourth-order valence-electron chi connectivity index (χ4n) is 1.57. The fraction of sp³-hybridized carbons (Fsp3) is 0.333. The molecule has 0 saturated carbocycles. The third kappa shape index (κ3) is 1.18. The molecule has 0 aliphatic heterocycles. The quantitative estimate of drug-likeness (QED) is 0.528. The van der Waals surface area contributed by atoms with E-state index in [1.54, 1.807) is 0 Å². The second kappa shape index (κ2) is 2.76. The Morgan fingerprint density at radius 3 is 2.82 bits per heavy atom. The largest absolute Gasteiger partial charge is 0.147 e. The lowest BCUT2D eigenvalue weighted by atomic mass is 9.99. The van der Waals surface area contributed by atoms with Gasteiger partial charge in [-0.15, -0.1) is 25.3 Å². The van der Waals surface area contributed by atoms with Crippen LogP contribution in [0.25, 0.3) is 0 Å². The van der Waals surface area contributed by atoms with Crippen LogP contribution in [-0.4, -0.2) is 0 Å². The van der Waals surface area contributed by atoms with Crippen molar-refractivity contribution in [2.24, 2.45) is 0 Å². The topological polar surface area (TPSA) is 0 Å². The van der Waals surface area contributed by atoms with Gasteiger partial charge in [-0.1, -0.05) is 17.7 Å². The molecule has 0 radical (unpaired) electrons. The minimum absolute atomic E-state index is 1.07. The minimum Gasteiger partial charge on any atom is -0.147 e. The van der Waals surface area contributed by atoms with Crippen molar-refractivity contribution in [2.75, 3.05) is 0 Å². The second-order valence-corrected chi connectivity index (χ2v) is 3.91. The highest BCUT2D eigenvalue weighted by atomic mass is 32.1. The highest BCUT2D eigenvalue weighted by Gasteiger charge is 2.17. The fourth-order valence-corrected chi connectivity index (χ4v) is 2.15. The summed E-state index contributed by atoms with van der Waals surface area (Å²) in [6, 6.07) is 0. The molecule has 2 heteroatoms. The molecule has 0 amide bonds. The maximum Gasteiger partial charge on any atom is 0.0205 e. The maximum absolute atomic E-state index is 4.42. The van der Waals surface area contributed by atoms with Crippen LogP contribution >= 0.6 is 25.3 Å². The zero-order valence-electron chi connectivity index (χ0n) is 6.17. The van der Waals surface area contributed by atoms with Crippen molar-refractivity contribution in [1.82, 2.24) is 0 Å². The van der Waals surface area contributed by atoms with E-state index in [0.29, 0.717) is 0 Å². The summed E-state index contributed by atoms with van der Waals surface area (Å²) in [4.78, 5) is 2.22. The monoisotopic (exact) mass is 182 g/mol. The Kier molecular flexibility index (Phi) is 1.90. The van der Waals surface area contributed by atoms with E-state index in [4.69, 9.17) is 0 Å². The molecule has 0 nitrogen and oxygen atoms in total. The molecule has 2 rings (SSSR count). The number of hydrogen-bond donors (Lipinski definition) is 2. The van der Waals surface area contributed by atoms with Crippen molar-refractivity contribution >= 4 is 25.3 Å². The average molecular weight is 182 g/mol. The molecule has 0 aromatic heterocycles. The number of rotatable bonds is 0. The maximum atomic E-state index is 4.42. The van der Waals surface area contributed by atoms with Crippen LogP contribution in [0.15, 0.2) is 33.1 Å². The number of thiol groups is 2. The van der Waals surface area contributed by atoms with Crippen LogP contribution in [0, 0.1) is 0 Å². The molecule has 2 aliphatic rings. The molecule has 0 aromatic carbocycles. The third-order valence-electron chi connectivity index (χ3n) is 2.22. The van der Waals surface area contributed by atoms with Crippen LogP contribution in [0.1, 0.15) is 19.3 Å². The van der Waals surface area contributed by atoms with Gasteiger partial charge in [0.1, 0.15) is 0 Å². The SMILES string of the molecule is SC1=C(S)C2=C(CC=C2)CC1. The molecule has 58 valence electrons. The van der Waals surface area contributed by atoms with Crippen LogP contribution in [-0.2, 0) is 0 Å². The zero-order valence-corrected chi connectivity index (χ0v) is 7.96. The predicted octanol–water partition coefficient (Wildman–Crippen LogP) is 3.11. The van der Waals surface area contributed by atoms with E-state index in [0.717, 1.165) is 22.7 Å². The van der Waals surface area contributed by atoms with Gasteiger partial charge in [-0.2, -0.15) is 0 Å². The molecule has 0 atom stereocenters. The summed E-state index contributed by atoms with van der Waals surface area (Å²) < 4.78 is 0. The van der Waals surface area contributed by atoms with Crippen LogP contribution in [0.4, 0.5) is 0 Å². The van der Waals surface area contributed by atoms with Crippen LogP contribution in [0.3, 0.4) is 0 Å². The first-order chi connectivity index (χ1) is 5.29. The Labute approximate surface area is 77.9 Å². The van der Waals surface area contributed by atoms with Gasteiger partial charge in [-0.3, -0.25) is 0 Å². The van der Waals surface area contributed by atoms with Crippen molar-refractivity contribution in [1.29, 1.82) is 0 Å². The van der Waals surface area contributed by atoms with Crippen LogP contribution < -0.4 is 0 Å². The van der Waals surface area contributed by atoms with Crippen molar-refractivity contribution < 1.29 is 0 Å². The average Bonchev–Trinajstić information content (AvgIpc) is 2.45. The van der Waals surface area contributed by atoms with Gasteiger partial charge in [0.05, 0.1) is 0 Å². The van der Waals surface area contributed by atoms with E-state index in [9.17, 15) is 0 Å². The Bertz CT molecular complexity index is 282. The molecule has 0 aromatic rings. The van der Waals surface area contributed by atoms with E-state index in [1.807, 2.05) is 0 Å². The summed E-state index contributed by atoms with van der Waals surface area (Å²) in [5.74, 6) is 0. The molecule has 0 unspecified atom stereocenters. The van der Waals surface area contributed by atoms with Gasteiger partial charge in [0.25, 0.3) is 0 Å². The van der Waals surface area contributed by atoms with E-state index in [2.05, 4.69) is 37.4 Å². The van der Waals surface area contributed by atoms with Gasteiger partial charge in [-0.05, 0) is 29.7 Å². The van der Waals surface area contributed by atoms with Gasteiger partial charge in [-0.25, -0.2) is 0 Å². The molecule has 0 bridgehead atoms. The highest BCUT2D eigenvalue weighted by molar-refractivity contribution is 7.88. The summed E-state index contributed by atoms with van der Waals surface area (Å²) in [5, 5.41) is 0. The molecular weight excluding hydrogens is 172 g/mol. The normalized spacial score (nSPS) is 23.1. The highest BCUT2D eigenvalue weighted by Crippen LogP contribution is 2.39. The Morgan fingerprint density at radius 1 is 1.18 bits per heavy atom.